The maximum Gasteiger partial charge on any atom is 0.338 e. The normalized spacial score (nSPS) is 25.9. The zero-order valence-corrected chi connectivity index (χ0v) is 19.6. The van der Waals surface area contributed by atoms with Crippen molar-refractivity contribution < 1.29 is 19.1 Å². The van der Waals surface area contributed by atoms with Crippen LogP contribution in [0, 0.1) is 29.6 Å². The van der Waals surface area contributed by atoms with Gasteiger partial charge in [0.25, 0.3) is 0 Å². The van der Waals surface area contributed by atoms with Crippen LogP contribution in [0.2, 0.25) is 0 Å². The number of rotatable bonds is 8. The second-order valence-electron chi connectivity index (χ2n) is 10.3. The van der Waals surface area contributed by atoms with Crippen LogP contribution in [0.1, 0.15) is 69.3 Å². The largest absolute Gasteiger partial charge is 0.464 e. The number of nitrogens with one attached hydrogen (secondary N) is 1. The molecule has 2 aliphatic rings. The lowest BCUT2D eigenvalue weighted by molar-refractivity contribution is -0.149. The van der Waals surface area contributed by atoms with Crippen LogP contribution in [0.5, 0.6) is 0 Å². The van der Waals surface area contributed by atoms with Gasteiger partial charge in [0.05, 0.1) is 18.8 Å². The molecule has 1 aliphatic heterocycles. The smallest absolute Gasteiger partial charge is 0.338 e. The molecule has 0 unspecified atom stereocenters. The van der Waals surface area contributed by atoms with E-state index in [2.05, 4.69) is 31.3 Å². The molecule has 2 fully saturated rings. The monoisotopic (exact) mass is 429 g/mol. The summed E-state index contributed by atoms with van der Waals surface area (Å²) in [6.07, 6.45) is 5.52. The standard InChI is InChI=1S/C26H39NO4/c1-17(2)15-30-25(28)21-8-5-19(6-9-21)11-20-7-10-22-14-27-24(13-23(22)12-20)26(29)31-16-18(3)4/h5-6,8-9,17-18,20,22-24,27H,7,10-16H2,1-4H3/t20-,22+,23-,24+/m1/s1. The maximum atomic E-state index is 12.4. The highest BCUT2D eigenvalue weighted by Gasteiger charge is 2.38. The van der Waals surface area contributed by atoms with Crippen LogP contribution >= 0.6 is 0 Å². The van der Waals surface area contributed by atoms with E-state index in [4.69, 9.17) is 9.47 Å². The van der Waals surface area contributed by atoms with E-state index in [-0.39, 0.29) is 18.0 Å². The third-order valence-corrected chi connectivity index (χ3v) is 6.52. The van der Waals surface area contributed by atoms with Gasteiger partial charge in [-0.2, -0.15) is 0 Å². The molecule has 0 spiro atoms. The van der Waals surface area contributed by atoms with Gasteiger partial charge in [-0.1, -0.05) is 39.8 Å². The summed E-state index contributed by atoms with van der Waals surface area (Å²) in [5.41, 5.74) is 1.89. The average molecular weight is 430 g/mol. The van der Waals surface area contributed by atoms with Crippen molar-refractivity contribution in [2.45, 2.75) is 65.8 Å². The fourth-order valence-corrected chi connectivity index (χ4v) is 4.81. The Kier molecular flexibility index (Phi) is 8.53. The number of hydrogen-bond acceptors (Lipinski definition) is 5. The minimum atomic E-state index is -0.245. The first-order chi connectivity index (χ1) is 14.8. The second kappa shape index (κ2) is 11.1. The second-order valence-corrected chi connectivity index (χ2v) is 10.3. The van der Waals surface area contributed by atoms with Gasteiger partial charge in [0.15, 0.2) is 0 Å². The Morgan fingerprint density at radius 2 is 1.61 bits per heavy atom. The van der Waals surface area contributed by atoms with Crippen molar-refractivity contribution in [1.29, 1.82) is 0 Å². The Bertz CT molecular complexity index is 727. The predicted molar refractivity (Wildman–Crippen MR) is 122 cm³/mol. The quantitative estimate of drug-likeness (QED) is 0.610. The van der Waals surface area contributed by atoms with E-state index < -0.39 is 0 Å². The number of carbonyl (C=O) groups excluding carboxylic acids is 2. The first-order valence-corrected chi connectivity index (χ1v) is 12.0. The lowest BCUT2D eigenvalue weighted by atomic mass is 9.68. The van der Waals surface area contributed by atoms with E-state index in [0.29, 0.717) is 48.4 Å². The van der Waals surface area contributed by atoms with E-state index >= 15 is 0 Å². The highest BCUT2D eigenvalue weighted by atomic mass is 16.5. The van der Waals surface area contributed by atoms with E-state index in [1.807, 2.05) is 26.0 Å². The molecule has 1 heterocycles. The summed E-state index contributed by atoms with van der Waals surface area (Å²) >= 11 is 0. The zero-order chi connectivity index (χ0) is 22.4. The molecular formula is C26H39NO4. The first kappa shape index (κ1) is 23.8. The van der Waals surface area contributed by atoms with Gasteiger partial charge in [-0.25, -0.2) is 4.79 Å². The Hall–Kier alpha value is -1.88. The minimum absolute atomic E-state index is 0.0887. The Labute approximate surface area is 187 Å². The first-order valence-electron chi connectivity index (χ1n) is 12.0. The third-order valence-electron chi connectivity index (χ3n) is 6.52. The van der Waals surface area contributed by atoms with Crippen LogP contribution in [0.25, 0.3) is 0 Å². The van der Waals surface area contributed by atoms with Gasteiger partial charge in [-0.3, -0.25) is 4.79 Å². The molecule has 1 saturated carbocycles. The number of benzene rings is 1. The van der Waals surface area contributed by atoms with E-state index in [1.165, 1.54) is 24.8 Å². The van der Waals surface area contributed by atoms with Gasteiger partial charge in [0.1, 0.15) is 6.04 Å². The van der Waals surface area contributed by atoms with Gasteiger partial charge >= 0.3 is 11.9 Å². The molecule has 0 aromatic heterocycles. The fourth-order valence-electron chi connectivity index (χ4n) is 4.81. The van der Waals surface area contributed by atoms with Crippen LogP contribution < -0.4 is 5.32 Å². The Morgan fingerprint density at radius 3 is 2.29 bits per heavy atom. The number of hydrogen-bond donors (Lipinski definition) is 1. The van der Waals surface area contributed by atoms with Crippen LogP contribution in [0.15, 0.2) is 24.3 Å². The Balaban J connectivity index is 1.50. The fraction of sp³-hybridized carbons (Fsp3) is 0.692. The molecule has 5 nitrogen and oxygen atoms in total. The van der Waals surface area contributed by atoms with Crippen molar-refractivity contribution >= 4 is 11.9 Å². The topological polar surface area (TPSA) is 64.6 Å². The molecule has 1 saturated heterocycles. The van der Waals surface area contributed by atoms with Crippen LogP contribution in [0.4, 0.5) is 0 Å². The molecule has 0 bridgehead atoms. The third kappa shape index (κ3) is 7.06. The van der Waals surface area contributed by atoms with Crippen LogP contribution in [-0.2, 0) is 20.7 Å². The zero-order valence-electron chi connectivity index (χ0n) is 19.6. The predicted octanol–water partition coefficient (Wildman–Crippen LogP) is 4.64. The lowest BCUT2D eigenvalue weighted by Gasteiger charge is -2.42. The van der Waals surface area contributed by atoms with Crippen molar-refractivity contribution in [3.8, 4) is 0 Å². The number of fused-ring (bicyclic) bond motifs is 1. The molecule has 1 aliphatic carbocycles. The number of carbonyl (C=O) groups is 2. The highest BCUT2D eigenvalue weighted by Crippen LogP contribution is 2.40. The molecule has 0 radical (unpaired) electrons. The minimum Gasteiger partial charge on any atom is -0.464 e. The number of esters is 2. The van der Waals surface area contributed by atoms with Crippen molar-refractivity contribution in [3.63, 3.8) is 0 Å². The molecule has 1 aromatic rings. The maximum absolute atomic E-state index is 12.4. The summed E-state index contributed by atoms with van der Waals surface area (Å²) in [4.78, 5) is 24.5. The molecule has 1 N–H and O–H groups in total. The van der Waals surface area contributed by atoms with Gasteiger partial charge in [0, 0.05) is 0 Å². The van der Waals surface area contributed by atoms with Crippen molar-refractivity contribution in [2.75, 3.05) is 19.8 Å². The summed E-state index contributed by atoms with van der Waals surface area (Å²) in [6.45, 7) is 10.1. The molecule has 0 amide bonds. The summed E-state index contributed by atoms with van der Waals surface area (Å²) in [5.74, 6) is 2.25. The molecule has 31 heavy (non-hydrogen) atoms. The van der Waals surface area contributed by atoms with Gasteiger partial charge in [-0.15, -0.1) is 0 Å². The molecule has 5 heteroatoms. The Morgan fingerprint density at radius 1 is 0.935 bits per heavy atom. The van der Waals surface area contributed by atoms with Crippen LogP contribution in [-0.4, -0.2) is 37.7 Å². The van der Waals surface area contributed by atoms with Gasteiger partial charge in [0.2, 0.25) is 0 Å². The molecule has 3 rings (SSSR count). The molecule has 172 valence electrons. The summed E-state index contributed by atoms with van der Waals surface area (Å²) in [6, 6.07) is 7.73. The summed E-state index contributed by atoms with van der Waals surface area (Å²) in [5, 5.41) is 3.42. The van der Waals surface area contributed by atoms with Crippen molar-refractivity contribution in [1.82, 2.24) is 5.32 Å². The lowest BCUT2D eigenvalue weighted by Crippen LogP contribution is -2.50. The molecule has 4 atom stereocenters. The van der Waals surface area contributed by atoms with E-state index in [0.717, 1.165) is 19.4 Å². The van der Waals surface area contributed by atoms with E-state index in [1.54, 1.807) is 0 Å². The SMILES string of the molecule is CC(C)COC(=O)c1ccc(C[C@H]2CC[C@H]3CN[C@H](C(=O)OCC(C)C)C[C@H]3C2)cc1. The number of piperidine rings is 1. The summed E-state index contributed by atoms with van der Waals surface area (Å²) < 4.78 is 10.8. The molecular weight excluding hydrogens is 390 g/mol. The van der Waals surface area contributed by atoms with Crippen molar-refractivity contribution in [2.24, 2.45) is 29.6 Å². The molecule has 1 aromatic carbocycles. The van der Waals surface area contributed by atoms with Crippen LogP contribution in [0.3, 0.4) is 0 Å². The van der Waals surface area contributed by atoms with Crippen molar-refractivity contribution in [3.05, 3.63) is 35.4 Å². The summed E-state index contributed by atoms with van der Waals surface area (Å²) in [7, 11) is 0. The van der Waals surface area contributed by atoms with Gasteiger partial charge in [-0.05, 0) is 85.9 Å². The average Bonchev–Trinajstić information content (AvgIpc) is 2.75. The van der Waals surface area contributed by atoms with Gasteiger partial charge < -0.3 is 14.8 Å². The highest BCUT2D eigenvalue weighted by molar-refractivity contribution is 5.89. The number of ether oxygens (including phenoxy) is 2. The van der Waals surface area contributed by atoms with E-state index in [9.17, 15) is 9.59 Å².